The third-order valence-electron chi connectivity index (χ3n) is 7.39. The summed E-state index contributed by atoms with van der Waals surface area (Å²) in [5.41, 5.74) is 14.9. The first kappa shape index (κ1) is 28.5. The lowest BCUT2D eigenvalue weighted by Gasteiger charge is -2.34. The van der Waals surface area contributed by atoms with Crippen molar-refractivity contribution in [3.8, 4) is 0 Å². The van der Waals surface area contributed by atoms with Gasteiger partial charge >= 0.3 is 0 Å². The number of carbonyl (C=O) groups excluding carboxylic acids is 3. The summed E-state index contributed by atoms with van der Waals surface area (Å²) in [6, 6.07) is 28.5. The Morgan fingerprint density at radius 2 is 1.35 bits per heavy atom. The number of hydrogen-bond acceptors (Lipinski definition) is 4. The number of fused-ring (bicyclic) bond motifs is 1. The maximum Gasteiger partial charge on any atom is 0.254 e. The standard InChI is InChI=1S/C33H36N4O3/c1-22(34)26-14-9-15-28(21-26)32(39)37(3)30(20-24-16-17-25-12-7-8-13-27(25)18-24)33(40)36(2)29(31(35)38)19-23-10-5-4-6-11-23/h4-18,21-22,29-30H,19-20,34H2,1-3H3,(H2,35,38)/t22?,29-,30?/m1/s1. The van der Waals surface area contributed by atoms with Crippen molar-refractivity contribution >= 4 is 28.5 Å². The molecule has 3 amide bonds. The van der Waals surface area contributed by atoms with E-state index < -0.39 is 18.0 Å². The van der Waals surface area contributed by atoms with Gasteiger partial charge in [0.05, 0.1) is 0 Å². The molecule has 0 fully saturated rings. The van der Waals surface area contributed by atoms with Crippen LogP contribution in [0.2, 0.25) is 0 Å². The summed E-state index contributed by atoms with van der Waals surface area (Å²) >= 11 is 0. The largest absolute Gasteiger partial charge is 0.368 e. The summed E-state index contributed by atoms with van der Waals surface area (Å²) in [6.45, 7) is 1.85. The Hall–Kier alpha value is -4.49. The molecule has 4 aromatic carbocycles. The van der Waals surface area contributed by atoms with Gasteiger partial charge < -0.3 is 21.3 Å². The molecule has 206 valence electrons. The number of hydrogen-bond donors (Lipinski definition) is 2. The van der Waals surface area contributed by atoms with Crippen molar-refractivity contribution in [3.63, 3.8) is 0 Å². The van der Waals surface area contributed by atoms with Gasteiger partial charge in [0, 0.05) is 38.5 Å². The molecule has 4 rings (SSSR count). The average molecular weight is 537 g/mol. The van der Waals surface area contributed by atoms with Gasteiger partial charge in [0.15, 0.2) is 0 Å². The molecular weight excluding hydrogens is 500 g/mol. The van der Waals surface area contributed by atoms with Gasteiger partial charge in [-0.1, -0.05) is 84.9 Å². The highest BCUT2D eigenvalue weighted by Crippen LogP contribution is 2.21. The summed E-state index contributed by atoms with van der Waals surface area (Å²) in [5.74, 6) is -1.29. The minimum Gasteiger partial charge on any atom is -0.368 e. The summed E-state index contributed by atoms with van der Waals surface area (Å²) in [5, 5.41) is 2.12. The molecule has 0 saturated heterocycles. The van der Waals surface area contributed by atoms with Crippen molar-refractivity contribution in [2.45, 2.75) is 37.9 Å². The number of benzene rings is 4. The summed E-state index contributed by atoms with van der Waals surface area (Å²) in [7, 11) is 3.19. The Bertz CT molecular complexity index is 1500. The van der Waals surface area contributed by atoms with Crippen LogP contribution in [-0.4, -0.2) is 53.7 Å². The minimum atomic E-state index is -0.879. The molecule has 7 heteroatoms. The topological polar surface area (TPSA) is 110 Å². The Morgan fingerprint density at radius 1 is 0.700 bits per heavy atom. The van der Waals surface area contributed by atoms with Gasteiger partial charge in [-0.2, -0.15) is 0 Å². The van der Waals surface area contributed by atoms with E-state index in [1.165, 1.54) is 9.80 Å². The van der Waals surface area contributed by atoms with Gasteiger partial charge in [0.25, 0.3) is 5.91 Å². The molecular formula is C33H36N4O3. The molecule has 7 nitrogen and oxygen atoms in total. The number of rotatable bonds is 10. The molecule has 0 bridgehead atoms. The smallest absolute Gasteiger partial charge is 0.254 e. The lowest BCUT2D eigenvalue weighted by atomic mass is 9.98. The fourth-order valence-electron chi connectivity index (χ4n) is 4.93. The van der Waals surface area contributed by atoms with Gasteiger partial charge in [0.2, 0.25) is 11.8 Å². The molecule has 4 N–H and O–H groups in total. The van der Waals surface area contributed by atoms with Crippen molar-refractivity contribution < 1.29 is 14.4 Å². The van der Waals surface area contributed by atoms with Crippen LogP contribution in [0.15, 0.2) is 97.1 Å². The van der Waals surface area contributed by atoms with E-state index >= 15 is 0 Å². The average Bonchev–Trinajstić information content (AvgIpc) is 2.97. The molecule has 0 aliphatic rings. The maximum absolute atomic E-state index is 14.1. The van der Waals surface area contributed by atoms with E-state index in [0.717, 1.165) is 27.5 Å². The summed E-state index contributed by atoms with van der Waals surface area (Å²) in [6.07, 6.45) is 0.537. The highest BCUT2D eigenvalue weighted by atomic mass is 16.2. The lowest BCUT2D eigenvalue weighted by molar-refractivity contribution is -0.141. The zero-order valence-electron chi connectivity index (χ0n) is 23.2. The predicted molar refractivity (Wildman–Crippen MR) is 158 cm³/mol. The van der Waals surface area contributed by atoms with Gasteiger partial charge in [0.1, 0.15) is 12.1 Å². The zero-order valence-corrected chi connectivity index (χ0v) is 23.2. The number of nitrogens with zero attached hydrogens (tertiary/aromatic N) is 2. The molecule has 0 aliphatic carbocycles. The van der Waals surface area contributed by atoms with E-state index in [4.69, 9.17) is 11.5 Å². The number of carbonyl (C=O) groups is 3. The molecule has 0 heterocycles. The van der Waals surface area contributed by atoms with Crippen LogP contribution >= 0.6 is 0 Å². The Kier molecular flexibility index (Phi) is 8.97. The number of nitrogens with two attached hydrogens (primary N) is 2. The molecule has 0 saturated carbocycles. The minimum absolute atomic E-state index is 0.242. The fourth-order valence-corrected chi connectivity index (χ4v) is 4.93. The van der Waals surface area contributed by atoms with Crippen LogP contribution < -0.4 is 11.5 Å². The summed E-state index contributed by atoms with van der Waals surface area (Å²) in [4.78, 5) is 43.2. The molecule has 3 atom stereocenters. The lowest BCUT2D eigenvalue weighted by Crippen LogP contribution is -2.55. The van der Waals surface area contributed by atoms with Crippen LogP contribution in [0, 0.1) is 0 Å². The molecule has 0 aromatic heterocycles. The van der Waals surface area contributed by atoms with Gasteiger partial charge in [-0.3, -0.25) is 14.4 Å². The number of amides is 3. The van der Waals surface area contributed by atoms with Crippen LogP contribution in [0.4, 0.5) is 0 Å². The first-order valence-electron chi connectivity index (χ1n) is 13.4. The van der Waals surface area contributed by atoms with Crippen LogP contribution in [-0.2, 0) is 22.4 Å². The van der Waals surface area contributed by atoms with Crippen molar-refractivity contribution in [1.82, 2.24) is 9.80 Å². The van der Waals surface area contributed by atoms with E-state index in [0.29, 0.717) is 5.56 Å². The van der Waals surface area contributed by atoms with Gasteiger partial charge in [-0.25, -0.2) is 0 Å². The normalized spacial score (nSPS) is 13.3. The van der Waals surface area contributed by atoms with E-state index in [1.54, 1.807) is 32.3 Å². The summed E-state index contributed by atoms with van der Waals surface area (Å²) < 4.78 is 0. The predicted octanol–water partition coefficient (Wildman–Crippen LogP) is 4.10. The van der Waals surface area contributed by atoms with E-state index in [2.05, 4.69) is 0 Å². The Labute approximate surface area is 235 Å². The zero-order chi connectivity index (χ0) is 28.8. The van der Waals surface area contributed by atoms with Crippen LogP contribution in [0.25, 0.3) is 10.8 Å². The molecule has 0 aliphatic heterocycles. The Morgan fingerprint density at radius 3 is 2.02 bits per heavy atom. The number of primary amides is 1. The highest BCUT2D eigenvalue weighted by Gasteiger charge is 2.34. The van der Waals surface area contributed by atoms with Crippen LogP contribution in [0.3, 0.4) is 0 Å². The number of likely N-dealkylation sites (N-methyl/N-ethyl adjacent to an activating group) is 2. The quantitative estimate of drug-likeness (QED) is 0.318. The molecule has 4 aromatic rings. The highest BCUT2D eigenvalue weighted by molar-refractivity contribution is 5.98. The van der Waals surface area contributed by atoms with Gasteiger partial charge in [-0.05, 0) is 46.5 Å². The van der Waals surface area contributed by atoms with E-state index in [1.807, 2.05) is 85.8 Å². The molecule has 0 radical (unpaired) electrons. The van der Waals surface area contributed by atoms with Crippen molar-refractivity contribution in [2.75, 3.05) is 14.1 Å². The van der Waals surface area contributed by atoms with Crippen LogP contribution in [0.5, 0.6) is 0 Å². The molecule has 0 spiro atoms. The SMILES string of the molecule is CC(N)c1cccc(C(=O)N(C)C(Cc2ccc3ccccc3c2)C(=O)N(C)[C@H](Cc2ccccc2)C(N)=O)c1. The van der Waals surface area contributed by atoms with Gasteiger partial charge in [-0.15, -0.1) is 0 Å². The second-order valence-electron chi connectivity index (χ2n) is 10.3. The van der Waals surface area contributed by atoms with E-state index in [9.17, 15) is 14.4 Å². The fraction of sp³-hybridized carbons (Fsp3) is 0.242. The molecule has 2 unspecified atom stereocenters. The van der Waals surface area contributed by atoms with Crippen molar-refractivity contribution in [1.29, 1.82) is 0 Å². The van der Waals surface area contributed by atoms with Crippen molar-refractivity contribution in [2.24, 2.45) is 11.5 Å². The second-order valence-corrected chi connectivity index (χ2v) is 10.3. The first-order valence-corrected chi connectivity index (χ1v) is 13.4. The molecule has 40 heavy (non-hydrogen) atoms. The Balaban J connectivity index is 1.68. The first-order chi connectivity index (χ1) is 19.2. The second kappa shape index (κ2) is 12.6. The monoisotopic (exact) mass is 536 g/mol. The maximum atomic E-state index is 14.1. The third kappa shape index (κ3) is 6.55. The van der Waals surface area contributed by atoms with Crippen LogP contribution in [0.1, 0.15) is 40.0 Å². The third-order valence-corrected chi connectivity index (χ3v) is 7.39. The van der Waals surface area contributed by atoms with Crippen molar-refractivity contribution in [3.05, 3.63) is 119 Å². The van der Waals surface area contributed by atoms with E-state index in [-0.39, 0.29) is 30.7 Å².